The van der Waals surface area contributed by atoms with Crippen molar-refractivity contribution in [2.75, 3.05) is 42.9 Å². The van der Waals surface area contributed by atoms with Crippen LogP contribution >= 0.6 is 22.9 Å². The molecule has 3 aromatic rings. The van der Waals surface area contributed by atoms with Crippen molar-refractivity contribution in [2.24, 2.45) is 5.73 Å². The quantitative estimate of drug-likeness (QED) is 0.282. The molecule has 0 spiro atoms. The number of anilines is 2. The number of thiazole rings is 1. The number of halogens is 4. The molecule has 1 aliphatic rings. The van der Waals surface area contributed by atoms with Crippen molar-refractivity contribution < 1.29 is 27.9 Å². The molecule has 2 amide bonds. The largest absolute Gasteiger partial charge is 0.418 e. The molecule has 0 bridgehead atoms. The molecule has 1 aliphatic heterocycles. The van der Waals surface area contributed by atoms with Crippen LogP contribution in [-0.2, 0) is 11.0 Å². The minimum Gasteiger partial charge on any atom is -0.373 e. The Hall–Kier alpha value is -3.44. The molecule has 1 saturated heterocycles. The summed E-state index contributed by atoms with van der Waals surface area (Å²) >= 11 is 6.56. The Labute approximate surface area is 235 Å². The van der Waals surface area contributed by atoms with E-state index in [9.17, 15) is 27.9 Å². The molecule has 3 aromatic heterocycles. The van der Waals surface area contributed by atoms with E-state index in [1.165, 1.54) is 12.5 Å². The number of nitrogens with zero attached hydrogens (tertiary/aromatic N) is 6. The highest BCUT2D eigenvalue weighted by molar-refractivity contribution is 7.13. The average molecular weight is 600 g/mol. The standard InChI is InChI=1S/C23H25ClF3N9O3S/c1-12(22-30-10-16(40-22)21(39)34-17-6-13(23(25,26)27)14(24)9-29-17)33-20(38)15-7-18(32-11-31-15)35-2-4-36(5-3-35)19(37)8-28/h6-7,9-12,20,33,38H,2-5,8,28H2,1H3,(H,29,34,39). The number of aliphatic hydroxyl groups is 1. The van der Waals surface area contributed by atoms with Crippen LogP contribution < -0.4 is 21.3 Å². The highest BCUT2D eigenvalue weighted by Gasteiger charge is 2.34. The highest BCUT2D eigenvalue weighted by atomic mass is 35.5. The lowest BCUT2D eigenvalue weighted by Gasteiger charge is -2.35. The third-order valence-electron chi connectivity index (χ3n) is 6.01. The topological polar surface area (TPSA) is 162 Å². The van der Waals surface area contributed by atoms with E-state index in [4.69, 9.17) is 17.3 Å². The lowest BCUT2D eigenvalue weighted by atomic mass is 10.2. The summed E-state index contributed by atoms with van der Waals surface area (Å²) in [4.78, 5) is 44.5. The maximum Gasteiger partial charge on any atom is 0.418 e. The number of alkyl halides is 3. The predicted molar refractivity (Wildman–Crippen MR) is 141 cm³/mol. The molecule has 4 heterocycles. The van der Waals surface area contributed by atoms with Gasteiger partial charge in [-0.15, -0.1) is 11.3 Å². The first kappa shape index (κ1) is 29.5. The van der Waals surface area contributed by atoms with Gasteiger partial charge in [0.05, 0.1) is 35.1 Å². The maximum atomic E-state index is 13.1. The first-order valence-corrected chi connectivity index (χ1v) is 13.1. The van der Waals surface area contributed by atoms with E-state index in [0.29, 0.717) is 48.8 Å². The summed E-state index contributed by atoms with van der Waals surface area (Å²) in [5.41, 5.74) is 4.62. The lowest BCUT2D eigenvalue weighted by Crippen LogP contribution is -2.50. The molecule has 5 N–H and O–H groups in total. The van der Waals surface area contributed by atoms with Crippen LogP contribution in [0.5, 0.6) is 0 Å². The lowest BCUT2D eigenvalue weighted by molar-refractivity contribution is -0.137. The summed E-state index contributed by atoms with van der Waals surface area (Å²) in [6, 6.07) is 1.77. The Morgan fingerprint density at radius 3 is 2.55 bits per heavy atom. The number of aliphatic hydroxyl groups excluding tert-OH is 1. The third kappa shape index (κ3) is 7.00. The van der Waals surface area contributed by atoms with Gasteiger partial charge in [0.2, 0.25) is 5.91 Å². The second-order valence-electron chi connectivity index (χ2n) is 8.73. The van der Waals surface area contributed by atoms with E-state index in [2.05, 4.69) is 30.6 Å². The molecule has 4 rings (SSSR count). The molecular formula is C23H25ClF3N9O3S. The Morgan fingerprint density at radius 2 is 1.88 bits per heavy atom. The van der Waals surface area contributed by atoms with E-state index in [0.717, 1.165) is 17.5 Å². The fourth-order valence-electron chi connectivity index (χ4n) is 3.89. The first-order valence-electron chi connectivity index (χ1n) is 11.9. The molecule has 1 fully saturated rings. The van der Waals surface area contributed by atoms with Crippen LogP contribution in [0.1, 0.15) is 45.1 Å². The zero-order valence-electron chi connectivity index (χ0n) is 21.0. The van der Waals surface area contributed by atoms with Crippen LogP contribution in [0, 0.1) is 0 Å². The molecule has 17 heteroatoms. The number of hydrogen-bond donors (Lipinski definition) is 4. The third-order valence-corrected chi connectivity index (χ3v) is 7.49. The van der Waals surface area contributed by atoms with Gasteiger partial charge in [-0.2, -0.15) is 13.2 Å². The normalized spacial score (nSPS) is 15.6. The Morgan fingerprint density at radius 1 is 1.15 bits per heavy atom. The second kappa shape index (κ2) is 12.4. The number of carbonyl (C=O) groups excluding carboxylic acids is 2. The number of hydrogen-bond acceptors (Lipinski definition) is 11. The molecule has 40 heavy (non-hydrogen) atoms. The van der Waals surface area contributed by atoms with Crippen LogP contribution in [0.25, 0.3) is 0 Å². The second-order valence-corrected chi connectivity index (χ2v) is 10.2. The van der Waals surface area contributed by atoms with Gasteiger partial charge in [0.15, 0.2) is 0 Å². The van der Waals surface area contributed by atoms with Gasteiger partial charge in [-0.25, -0.2) is 19.9 Å². The van der Waals surface area contributed by atoms with E-state index in [-0.39, 0.29) is 23.1 Å². The minimum atomic E-state index is -4.70. The summed E-state index contributed by atoms with van der Waals surface area (Å²) in [6.07, 6.45) is -2.48. The van der Waals surface area contributed by atoms with Crippen molar-refractivity contribution in [3.05, 3.63) is 57.0 Å². The average Bonchev–Trinajstić information content (AvgIpc) is 3.44. The monoisotopic (exact) mass is 599 g/mol. The fraction of sp³-hybridized carbons (Fsp3) is 0.391. The van der Waals surface area contributed by atoms with Gasteiger partial charge in [0.1, 0.15) is 34.1 Å². The number of pyridine rings is 1. The Balaban J connectivity index is 1.36. The van der Waals surface area contributed by atoms with Crippen molar-refractivity contribution in [3.8, 4) is 0 Å². The minimum absolute atomic E-state index is 0.0404. The van der Waals surface area contributed by atoms with Crippen LogP contribution in [0.15, 0.2) is 30.9 Å². The summed E-state index contributed by atoms with van der Waals surface area (Å²) in [5.74, 6) is -0.536. The molecule has 0 saturated carbocycles. The molecule has 0 aliphatic carbocycles. The van der Waals surface area contributed by atoms with Gasteiger partial charge in [-0.3, -0.25) is 14.9 Å². The number of rotatable bonds is 8. The van der Waals surface area contributed by atoms with Crippen molar-refractivity contribution in [2.45, 2.75) is 25.4 Å². The number of piperazine rings is 1. The number of carbonyl (C=O) groups is 2. The van der Waals surface area contributed by atoms with E-state index < -0.39 is 34.9 Å². The molecular weight excluding hydrogens is 575 g/mol. The van der Waals surface area contributed by atoms with Crippen LogP contribution in [-0.4, -0.2) is 74.5 Å². The van der Waals surface area contributed by atoms with Gasteiger partial charge >= 0.3 is 6.18 Å². The fourth-order valence-corrected chi connectivity index (χ4v) is 4.92. The number of aromatic nitrogens is 4. The smallest absolute Gasteiger partial charge is 0.373 e. The summed E-state index contributed by atoms with van der Waals surface area (Å²) in [6.45, 7) is 3.79. The van der Waals surface area contributed by atoms with Crippen molar-refractivity contribution >= 4 is 46.4 Å². The van der Waals surface area contributed by atoms with Crippen LogP contribution in [0.3, 0.4) is 0 Å². The van der Waals surface area contributed by atoms with Gasteiger partial charge in [0.25, 0.3) is 5.91 Å². The Kier molecular flexibility index (Phi) is 9.15. The van der Waals surface area contributed by atoms with Gasteiger partial charge in [-0.1, -0.05) is 11.6 Å². The Bertz CT molecular complexity index is 1370. The molecule has 214 valence electrons. The molecule has 12 nitrogen and oxygen atoms in total. The predicted octanol–water partition coefficient (Wildman–Crippen LogP) is 2.20. The number of nitrogens with two attached hydrogens (primary N) is 1. The summed E-state index contributed by atoms with van der Waals surface area (Å²) in [5, 5.41) is 15.9. The van der Waals surface area contributed by atoms with E-state index in [1.54, 1.807) is 17.9 Å². The van der Waals surface area contributed by atoms with E-state index in [1.807, 2.05) is 4.90 Å². The summed E-state index contributed by atoms with van der Waals surface area (Å²) in [7, 11) is 0. The number of nitrogens with one attached hydrogen (secondary N) is 2. The number of amides is 2. The first-order chi connectivity index (χ1) is 19.0. The van der Waals surface area contributed by atoms with Crippen molar-refractivity contribution in [1.82, 2.24) is 30.2 Å². The molecule has 2 unspecified atom stereocenters. The zero-order valence-corrected chi connectivity index (χ0v) is 22.6. The molecule has 0 radical (unpaired) electrons. The van der Waals surface area contributed by atoms with Gasteiger partial charge in [0, 0.05) is 38.4 Å². The molecule has 2 atom stereocenters. The van der Waals surface area contributed by atoms with Crippen LogP contribution in [0.2, 0.25) is 5.02 Å². The van der Waals surface area contributed by atoms with E-state index >= 15 is 0 Å². The SMILES string of the molecule is CC(NC(O)c1cc(N2CCN(C(=O)CN)CC2)ncn1)c1ncc(C(=O)Nc2cc(C(F)(F)F)c(Cl)cn2)s1. The van der Waals surface area contributed by atoms with Crippen molar-refractivity contribution in [1.29, 1.82) is 0 Å². The van der Waals surface area contributed by atoms with Gasteiger partial charge in [-0.05, 0) is 13.0 Å². The zero-order chi connectivity index (χ0) is 29.0. The highest BCUT2D eigenvalue weighted by Crippen LogP contribution is 2.35. The summed E-state index contributed by atoms with van der Waals surface area (Å²) < 4.78 is 39.3. The van der Waals surface area contributed by atoms with Crippen LogP contribution in [0.4, 0.5) is 24.8 Å². The molecule has 0 aromatic carbocycles. The van der Waals surface area contributed by atoms with Crippen molar-refractivity contribution in [3.63, 3.8) is 0 Å². The van der Waals surface area contributed by atoms with Gasteiger partial charge < -0.3 is 26.0 Å². The maximum absolute atomic E-state index is 13.1.